The summed E-state index contributed by atoms with van der Waals surface area (Å²) in [5.41, 5.74) is 1.92. The van der Waals surface area contributed by atoms with Gasteiger partial charge in [-0.15, -0.1) is 0 Å². The lowest BCUT2D eigenvalue weighted by molar-refractivity contribution is 0.0871. The fourth-order valence-electron chi connectivity index (χ4n) is 1.66. The highest BCUT2D eigenvalue weighted by atomic mass is 16.3. The summed E-state index contributed by atoms with van der Waals surface area (Å²) in [6.07, 6.45) is -0.502. The Labute approximate surface area is 116 Å². The fourth-order valence-corrected chi connectivity index (χ4v) is 1.66. The molecule has 1 aromatic carbocycles. The number of hydrogen-bond acceptors (Lipinski definition) is 2. The molecule has 2 N–H and O–H groups in total. The third kappa shape index (κ3) is 4.67. The predicted molar refractivity (Wildman–Crippen MR) is 78.3 cm³/mol. The molecule has 0 heterocycles. The van der Waals surface area contributed by atoms with Gasteiger partial charge in [0.15, 0.2) is 0 Å². The van der Waals surface area contributed by atoms with E-state index in [4.69, 9.17) is 0 Å². The van der Waals surface area contributed by atoms with Gasteiger partial charge in [0, 0.05) is 12.1 Å². The van der Waals surface area contributed by atoms with E-state index in [0.717, 1.165) is 0 Å². The Morgan fingerprint density at radius 2 is 1.74 bits per heavy atom. The summed E-state index contributed by atoms with van der Waals surface area (Å²) in [4.78, 5) is 11.9. The Morgan fingerprint density at radius 1 is 1.21 bits per heavy atom. The van der Waals surface area contributed by atoms with Gasteiger partial charge in [0.05, 0.1) is 6.10 Å². The van der Waals surface area contributed by atoms with Crippen molar-refractivity contribution in [2.24, 2.45) is 5.92 Å². The van der Waals surface area contributed by atoms with Crippen molar-refractivity contribution in [2.75, 3.05) is 6.54 Å². The van der Waals surface area contributed by atoms with Crippen LogP contribution in [0.15, 0.2) is 24.3 Å². The second-order valence-electron chi connectivity index (χ2n) is 6.35. The molecule has 0 bridgehead atoms. The van der Waals surface area contributed by atoms with Crippen molar-refractivity contribution in [1.29, 1.82) is 0 Å². The molecule has 106 valence electrons. The van der Waals surface area contributed by atoms with Gasteiger partial charge in [-0.05, 0) is 29.0 Å². The first-order chi connectivity index (χ1) is 8.71. The molecule has 0 saturated carbocycles. The number of hydrogen-bond donors (Lipinski definition) is 2. The average molecular weight is 263 g/mol. The summed E-state index contributed by atoms with van der Waals surface area (Å²) < 4.78 is 0. The van der Waals surface area contributed by atoms with Crippen LogP contribution in [-0.4, -0.2) is 23.7 Å². The number of aliphatic hydroxyl groups is 1. The minimum Gasteiger partial charge on any atom is -0.391 e. The van der Waals surface area contributed by atoms with Crippen molar-refractivity contribution in [2.45, 2.75) is 46.1 Å². The topological polar surface area (TPSA) is 49.3 Å². The number of benzene rings is 1. The number of carbonyl (C=O) groups is 1. The van der Waals surface area contributed by atoms with Crippen molar-refractivity contribution in [3.05, 3.63) is 35.4 Å². The maximum Gasteiger partial charge on any atom is 0.251 e. The van der Waals surface area contributed by atoms with Crippen LogP contribution in [-0.2, 0) is 5.41 Å². The van der Waals surface area contributed by atoms with Crippen molar-refractivity contribution >= 4 is 5.91 Å². The summed E-state index contributed by atoms with van der Waals surface area (Å²) in [7, 11) is 0. The average Bonchev–Trinajstić information content (AvgIpc) is 2.34. The molecule has 1 atom stereocenters. The van der Waals surface area contributed by atoms with Crippen LogP contribution in [0.4, 0.5) is 0 Å². The molecule has 19 heavy (non-hydrogen) atoms. The van der Waals surface area contributed by atoms with Crippen molar-refractivity contribution in [3.8, 4) is 0 Å². The third-order valence-corrected chi connectivity index (χ3v) is 3.25. The normalized spacial score (nSPS) is 13.4. The SMILES string of the molecule is CC(C)C(O)CNC(=O)c1ccc(C(C)(C)C)cc1. The lowest BCUT2D eigenvalue weighted by atomic mass is 9.87. The first-order valence-electron chi connectivity index (χ1n) is 6.78. The first-order valence-corrected chi connectivity index (χ1v) is 6.78. The Bertz CT molecular complexity index is 415. The number of carbonyl (C=O) groups excluding carboxylic acids is 1. The van der Waals surface area contributed by atoms with E-state index in [0.29, 0.717) is 5.56 Å². The Hall–Kier alpha value is -1.35. The highest BCUT2D eigenvalue weighted by Crippen LogP contribution is 2.22. The summed E-state index contributed by atoms with van der Waals surface area (Å²) in [6.45, 7) is 10.6. The van der Waals surface area contributed by atoms with E-state index in [1.165, 1.54) is 5.56 Å². The largest absolute Gasteiger partial charge is 0.391 e. The molecular weight excluding hydrogens is 238 g/mol. The highest BCUT2D eigenvalue weighted by Gasteiger charge is 2.15. The van der Waals surface area contributed by atoms with E-state index < -0.39 is 6.10 Å². The summed E-state index contributed by atoms with van der Waals surface area (Å²) in [5, 5.41) is 12.4. The molecule has 1 aromatic rings. The van der Waals surface area contributed by atoms with Crippen LogP contribution >= 0.6 is 0 Å². The third-order valence-electron chi connectivity index (χ3n) is 3.25. The molecule has 1 unspecified atom stereocenters. The van der Waals surface area contributed by atoms with Crippen molar-refractivity contribution in [3.63, 3.8) is 0 Å². The lowest BCUT2D eigenvalue weighted by Gasteiger charge is -2.19. The smallest absolute Gasteiger partial charge is 0.251 e. The van der Waals surface area contributed by atoms with E-state index >= 15 is 0 Å². The van der Waals surface area contributed by atoms with E-state index in [1.54, 1.807) is 0 Å². The molecule has 0 fully saturated rings. The van der Waals surface area contributed by atoms with Gasteiger partial charge in [-0.3, -0.25) is 4.79 Å². The molecule has 1 amide bonds. The van der Waals surface area contributed by atoms with Crippen molar-refractivity contribution in [1.82, 2.24) is 5.32 Å². The molecule has 0 spiro atoms. The van der Waals surface area contributed by atoms with Crippen LogP contribution in [0, 0.1) is 5.92 Å². The zero-order chi connectivity index (χ0) is 14.6. The van der Waals surface area contributed by atoms with Crippen LogP contribution in [0.1, 0.15) is 50.5 Å². The second-order valence-corrected chi connectivity index (χ2v) is 6.35. The van der Waals surface area contributed by atoms with Gasteiger partial charge in [0.2, 0.25) is 0 Å². The van der Waals surface area contributed by atoms with Crippen LogP contribution in [0.5, 0.6) is 0 Å². The van der Waals surface area contributed by atoms with Gasteiger partial charge in [0.1, 0.15) is 0 Å². The highest BCUT2D eigenvalue weighted by molar-refractivity contribution is 5.94. The standard InChI is InChI=1S/C16H25NO2/c1-11(2)14(18)10-17-15(19)12-6-8-13(9-7-12)16(3,4)5/h6-9,11,14,18H,10H2,1-5H3,(H,17,19). The van der Waals surface area contributed by atoms with Gasteiger partial charge in [0.25, 0.3) is 5.91 Å². The second kappa shape index (κ2) is 6.20. The molecule has 0 aliphatic carbocycles. The van der Waals surface area contributed by atoms with Crippen LogP contribution in [0.2, 0.25) is 0 Å². The number of rotatable bonds is 4. The molecule has 0 aliphatic heterocycles. The Morgan fingerprint density at radius 3 is 2.16 bits per heavy atom. The predicted octanol–water partition coefficient (Wildman–Crippen LogP) is 2.73. The Kier molecular flexibility index (Phi) is 5.12. The molecule has 0 aliphatic rings. The molecule has 3 heteroatoms. The minimum atomic E-state index is -0.502. The molecular formula is C16H25NO2. The molecule has 1 rings (SSSR count). The number of aliphatic hydroxyl groups excluding tert-OH is 1. The number of nitrogens with one attached hydrogen (secondary N) is 1. The van der Waals surface area contributed by atoms with Crippen LogP contribution in [0.25, 0.3) is 0 Å². The summed E-state index contributed by atoms with van der Waals surface area (Å²) in [6, 6.07) is 7.62. The molecule has 3 nitrogen and oxygen atoms in total. The van der Waals surface area contributed by atoms with E-state index in [1.807, 2.05) is 38.1 Å². The van der Waals surface area contributed by atoms with Gasteiger partial charge in [-0.1, -0.05) is 46.8 Å². The van der Waals surface area contributed by atoms with Gasteiger partial charge >= 0.3 is 0 Å². The fraction of sp³-hybridized carbons (Fsp3) is 0.562. The van der Waals surface area contributed by atoms with Gasteiger partial charge < -0.3 is 10.4 Å². The van der Waals surface area contributed by atoms with Gasteiger partial charge in [-0.2, -0.15) is 0 Å². The zero-order valence-corrected chi connectivity index (χ0v) is 12.5. The monoisotopic (exact) mass is 263 g/mol. The van der Waals surface area contributed by atoms with E-state index in [9.17, 15) is 9.90 Å². The summed E-state index contributed by atoms with van der Waals surface area (Å²) in [5.74, 6) is 0.00345. The number of amides is 1. The quantitative estimate of drug-likeness (QED) is 0.877. The van der Waals surface area contributed by atoms with Crippen LogP contribution in [0.3, 0.4) is 0 Å². The van der Waals surface area contributed by atoms with E-state index in [-0.39, 0.29) is 23.8 Å². The molecule has 0 saturated heterocycles. The first kappa shape index (κ1) is 15.7. The van der Waals surface area contributed by atoms with Gasteiger partial charge in [-0.25, -0.2) is 0 Å². The summed E-state index contributed by atoms with van der Waals surface area (Å²) >= 11 is 0. The molecule has 0 aromatic heterocycles. The van der Waals surface area contributed by atoms with E-state index in [2.05, 4.69) is 26.1 Å². The van der Waals surface area contributed by atoms with Crippen LogP contribution < -0.4 is 5.32 Å². The Balaban J connectivity index is 2.64. The maximum absolute atomic E-state index is 11.9. The lowest BCUT2D eigenvalue weighted by Crippen LogP contribution is -2.34. The zero-order valence-electron chi connectivity index (χ0n) is 12.5. The minimum absolute atomic E-state index is 0.0862. The van der Waals surface area contributed by atoms with Crippen molar-refractivity contribution < 1.29 is 9.90 Å². The maximum atomic E-state index is 11.9. The molecule has 0 radical (unpaired) electrons.